The normalized spacial score (nSPS) is 12.8. The minimum atomic E-state index is -0.804. The Balaban J connectivity index is 1.15. The monoisotopic (exact) mass is 794 g/mol. The van der Waals surface area contributed by atoms with Crippen molar-refractivity contribution in [2.24, 2.45) is 0 Å². The molecule has 62 heavy (non-hydrogen) atoms. The van der Waals surface area contributed by atoms with Crippen molar-refractivity contribution in [1.82, 2.24) is 29.9 Å². The van der Waals surface area contributed by atoms with Gasteiger partial charge in [0.15, 0.2) is 34.9 Å². The summed E-state index contributed by atoms with van der Waals surface area (Å²) in [5.74, 6) is 5.19. The zero-order chi connectivity index (χ0) is 41.0. The van der Waals surface area contributed by atoms with Crippen LogP contribution in [0, 0.1) is 0 Å². The van der Waals surface area contributed by atoms with E-state index in [-0.39, 0.29) is 0 Å². The maximum Gasteiger partial charge on any atom is 0.164 e. The summed E-state index contributed by atoms with van der Waals surface area (Å²) in [5, 5.41) is 0. The standard InChI is InChI=1S/C55H34N6O/c1-5-18-35(19-6-1)49-56-50(36-20-7-2-8-21-36)59-53(58-49)39-32-33-43-42(34-39)40-26-17-27-41(48(40)55(43)44-28-13-15-30-46(44)62-47-31-16-14-29-45(47)55)54-60-51(37-22-9-3-10-23-37)57-52(61-54)38-24-11-4-12-25-38/h1-34H. The zero-order valence-electron chi connectivity index (χ0n) is 33.2. The maximum atomic E-state index is 6.73. The fraction of sp³-hybridized carbons (Fsp3) is 0.0182. The number of para-hydroxylation sites is 2. The highest BCUT2D eigenvalue weighted by molar-refractivity contribution is 5.95. The Morgan fingerprint density at radius 2 is 0.661 bits per heavy atom. The van der Waals surface area contributed by atoms with Crippen molar-refractivity contribution >= 4 is 0 Å². The number of rotatable bonds is 6. The van der Waals surface area contributed by atoms with Crippen LogP contribution in [0.3, 0.4) is 0 Å². The Morgan fingerprint density at radius 3 is 1.13 bits per heavy atom. The molecule has 0 atom stereocenters. The average molecular weight is 795 g/mol. The van der Waals surface area contributed by atoms with E-state index in [1.807, 2.05) is 133 Å². The molecule has 7 heteroatoms. The number of nitrogens with zero attached hydrogens (tertiary/aromatic N) is 6. The molecule has 7 nitrogen and oxygen atoms in total. The minimum absolute atomic E-state index is 0.584. The maximum absolute atomic E-state index is 6.73. The predicted molar refractivity (Wildman–Crippen MR) is 243 cm³/mol. The van der Waals surface area contributed by atoms with Crippen LogP contribution in [0.2, 0.25) is 0 Å². The summed E-state index contributed by atoms with van der Waals surface area (Å²) in [4.78, 5) is 30.9. The molecular formula is C55H34N6O. The van der Waals surface area contributed by atoms with E-state index in [9.17, 15) is 0 Å². The molecule has 1 aliphatic carbocycles. The molecule has 8 aromatic carbocycles. The van der Waals surface area contributed by atoms with Gasteiger partial charge in [0.2, 0.25) is 0 Å². The van der Waals surface area contributed by atoms with Crippen LogP contribution in [-0.4, -0.2) is 29.9 Å². The van der Waals surface area contributed by atoms with Crippen LogP contribution in [0.4, 0.5) is 0 Å². The van der Waals surface area contributed by atoms with Gasteiger partial charge in [0.25, 0.3) is 0 Å². The summed E-state index contributed by atoms with van der Waals surface area (Å²) < 4.78 is 6.73. The van der Waals surface area contributed by atoms with Gasteiger partial charge in [-0.25, -0.2) is 29.9 Å². The second-order valence-corrected chi connectivity index (χ2v) is 15.4. The van der Waals surface area contributed by atoms with E-state index in [0.717, 1.165) is 78.3 Å². The number of aromatic nitrogens is 6. The van der Waals surface area contributed by atoms with Gasteiger partial charge in [-0.15, -0.1) is 0 Å². The van der Waals surface area contributed by atoms with Gasteiger partial charge in [0.1, 0.15) is 11.5 Å². The molecule has 1 spiro atoms. The highest BCUT2D eigenvalue weighted by atomic mass is 16.5. The molecule has 0 saturated heterocycles. The van der Waals surface area contributed by atoms with Crippen molar-refractivity contribution in [3.8, 4) is 91.0 Å². The van der Waals surface area contributed by atoms with E-state index in [2.05, 4.69) is 72.8 Å². The van der Waals surface area contributed by atoms with Crippen LogP contribution in [-0.2, 0) is 5.41 Å². The van der Waals surface area contributed by atoms with Gasteiger partial charge in [-0.3, -0.25) is 0 Å². The predicted octanol–water partition coefficient (Wildman–Crippen LogP) is 12.5. The fourth-order valence-electron chi connectivity index (χ4n) is 9.16. The Kier molecular flexibility index (Phi) is 8.25. The smallest absolute Gasteiger partial charge is 0.164 e. The Morgan fingerprint density at radius 1 is 0.274 bits per heavy atom. The SMILES string of the molecule is c1ccc(-c2nc(-c3ccccc3)nc(-c3ccc4c(c3)-c3cccc(-c5nc(-c6ccccc6)nc(-c6ccccc6)n5)c3C43c4ccccc4Oc4ccccc43)n2)cc1. The van der Waals surface area contributed by atoms with E-state index in [1.165, 1.54) is 0 Å². The molecule has 0 saturated carbocycles. The number of fused-ring (bicyclic) bond motifs is 9. The Labute approximate surface area is 358 Å². The molecule has 0 fully saturated rings. The summed E-state index contributed by atoms with van der Waals surface area (Å²) in [6, 6.07) is 70.3. The van der Waals surface area contributed by atoms with Crippen molar-refractivity contribution in [1.29, 1.82) is 0 Å². The molecule has 0 N–H and O–H groups in total. The van der Waals surface area contributed by atoms with Gasteiger partial charge < -0.3 is 4.74 Å². The summed E-state index contributed by atoms with van der Waals surface area (Å²) >= 11 is 0. The Bertz CT molecular complexity index is 3160. The van der Waals surface area contributed by atoms with Crippen LogP contribution in [0.15, 0.2) is 206 Å². The highest BCUT2D eigenvalue weighted by Crippen LogP contribution is 2.64. The second-order valence-electron chi connectivity index (χ2n) is 15.4. The molecule has 0 amide bonds. The molecule has 3 heterocycles. The summed E-state index contributed by atoms with van der Waals surface area (Å²) in [6.45, 7) is 0. The minimum Gasteiger partial charge on any atom is -0.457 e. The lowest BCUT2D eigenvalue weighted by molar-refractivity contribution is 0.436. The molecule has 0 unspecified atom stereocenters. The zero-order valence-corrected chi connectivity index (χ0v) is 33.2. The van der Waals surface area contributed by atoms with Gasteiger partial charge >= 0.3 is 0 Å². The van der Waals surface area contributed by atoms with Crippen molar-refractivity contribution in [3.05, 3.63) is 229 Å². The van der Waals surface area contributed by atoms with Crippen LogP contribution in [0.5, 0.6) is 11.5 Å². The van der Waals surface area contributed by atoms with Gasteiger partial charge in [-0.1, -0.05) is 188 Å². The molecule has 1 aliphatic heterocycles. The molecule has 2 aliphatic rings. The Hall–Kier alpha value is -8.42. The first kappa shape index (κ1) is 35.5. The van der Waals surface area contributed by atoms with E-state index in [1.54, 1.807) is 0 Å². The first-order valence-electron chi connectivity index (χ1n) is 20.6. The van der Waals surface area contributed by atoms with Crippen molar-refractivity contribution in [3.63, 3.8) is 0 Å². The van der Waals surface area contributed by atoms with E-state index < -0.39 is 5.41 Å². The molecule has 12 rings (SSSR count). The van der Waals surface area contributed by atoms with Crippen LogP contribution in [0.25, 0.3) is 79.5 Å². The molecule has 2 aromatic heterocycles. The molecule has 0 bridgehead atoms. The number of benzene rings is 8. The quantitative estimate of drug-likeness (QED) is 0.166. The molecular weight excluding hydrogens is 761 g/mol. The summed E-state index contributed by atoms with van der Waals surface area (Å²) in [5.41, 5.74) is 11.0. The van der Waals surface area contributed by atoms with Gasteiger partial charge in [-0.2, -0.15) is 0 Å². The van der Waals surface area contributed by atoms with Crippen molar-refractivity contribution in [2.45, 2.75) is 5.41 Å². The highest BCUT2D eigenvalue weighted by Gasteiger charge is 2.52. The van der Waals surface area contributed by atoms with Gasteiger partial charge in [-0.05, 0) is 40.5 Å². The van der Waals surface area contributed by atoms with Crippen molar-refractivity contribution < 1.29 is 4.74 Å². The third kappa shape index (κ3) is 5.67. The van der Waals surface area contributed by atoms with E-state index >= 15 is 0 Å². The molecule has 290 valence electrons. The van der Waals surface area contributed by atoms with Gasteiger partial charge in [0, 0.05) is 44.5 Å². The third-order valence-electron chi connectivity index (χ3n) is 11.9. The lowest BCUT2D eigenvalue weighted by atomic mass is 9.65. The second kappa shape index (κ2) is 14.4. The number of hydrogen-bond donors (Lipinski definition) is 0. The molecule has 10 aromatic rings. The largest absolute Gasteiger partial charge is 0.457 e. The summed E-state index contributed by atoms with van der Waals surface area (Å²) in [7, 11) is 0. The van der Waals surface area contributed by atoms with E-state index in [0.29, 0.717) is 34.9 Å². The summed E-state index contributed by atoms with van der Waals surface area (Å²) in [6.07, 6.45) is 0. The van der Waals surface area contributed by atoms with Crippen molar-refractivity contribution in [2.75, 3.05) is 0 Å². The van der Waals surface area contributed by atoms with Gasteiger partial charge in [0.05, 0.1) is 5.41 Å². The lowest BCUT2D eigenvalue weighted by Crippen LogP contribution is -2.32. The lowest BCUT2D eigenvalue weighted by Gasteiger charge is -2.40. The van der Waals surface area contributed by atoms with Crippen LogP contribution >= 0.6 is 0 Å². The average Bonchev–Trinajstić information content (AvgIpc) is 3.65. The first-order valence-corrected chi connectivity index (χ1v) is 20.6. The van der Waals surface area contributed by atoms with Crippen LogP contribution in [0.1, 0.15) is 22.3 Å². The first-order chi connectivity index (χ1) is 30.7. The van der Waals surface area contributed by atoms with E-state index in [4.69, 9.17) is 34.6 Å². The fourth-order valence-corrected chi connectivity index (χ4v) is 9.16. The topological polar surface area (TPSA) is 86.6 Å². The van der Waals surface area contributed by atoms with Crippen LogP contribution < -0.4 is 4.74 Å². The third-order valence-corrected chi connectivity index (χ3v) is 11.9. The molecule has 0 radical (unpaired) electrons. The number of ether oxygens (including phenoxy) is 1. The number of hydrogen-bond acceptors (Lipinski definition) is 7.